The Bertz CT molecular complexity index is 1240. The van der Waals surface area contributed by atoms with Crippen molar-refractivity contribution in [3.8, 4) is 5.75 Å². The Morgan fingerprint density at radius 2 is 1.83 bits per heavy atom. The number of likely N-dealkylation sites (tertiary alicyclic amines) is 1. The predicted octanol–water partition coefficient (Wildman–Crippen LogP) is 2.60. The van der Waals surface area contributed by atoms with Gasteiger partial charge in [0.05, 0.1) is 16.8 Å². The van der Waals surface area contributed by atoms with Gasteiger partial charge in [-0.2, -0.15) is 0 Å². The molecule has 3 aromatic rings. The predicted molar refractivity (Wildman–Crippen MR) is 133 cm³/mol. The number of amides is 3. The van der Waals surface area contributed by atoms with Gasteiger partial charge in [0.2, 0.25) is 0 Å². The molecule has 0 spiro atoms. The van der Waals surface area contributed by atoms with Gasteiger partial charge in [-0.25, -0.2) is 0 Å². The summed E-state index contributed by atoms with van der Waals surface area (Å²) in [5.74, 6) is -0.603. The molecule has 0 aliphatic carbocycles. The number of para-hydroxylation sites is 1. The van der Waals surface area contributed by atoms with Crippen molar-refractivity contribution in [1.82, 2.24) is 20.2 Å². The van der Waals surface area contributed by atoms with Gasteiger partial charge < -0.3 is 20.7 Å². The SMILES string of the molecule is Cc1ccc(C(=O)NCc2cccnc2)c(C2CCN(C(=O)COc3ccccc3C(N)=O)CC2)n1. The zero-order valence-corrected chi connectivity index (χ0v) is 20.1. The summed E-state index contributed by atoms with van der Waals surface area (Å²) in [6.07, 6.45) is 4.78. The van der Waals surface area contributed by atoms with Crippen LogP contribution in [0.1, 0.15) is 56.4 Å². The molecular formula is C27H29N5O4. The van der Waals surface area contributed by atoms with E-state index in [1.54, 1.807) is 41.6 Å². The number of hydrogen-bond acceptors (Lipinski definition) is 6. The summed E-state index contributed by atoms with van der Waals surface area (Å²) in [6.45, 7) is 3.15. The maximum absolute atomic E-state index is 13.0. The number of nitrogens with one attached hydrogen (secondary N) is 1. The van der Waals surface area contributed by atoms with Gasteiger partial charge in [0.15, 0.2) is 6.61 Å². The Hall–Kier alpha value is -4.27. The van der Waals surface area contributed by atoms with Crippen molar-refractivity contribution >= 4 is 17.7 Å². The molecule has 3 heterocycles. The van der Waals surface area contributed by atoms with Gasteiger partial charge in [0, 0.05) is 43.6 Å². The fraction of sp³-hybridized carbons (Fsp3) is 0.296. The summed E-state index contributed by atoms with van der Waals surface area (Å²) in [5, 5.41) is 2.95. The fourth-order valence-electron chi connectivity index (χ4n) is 4.29. The van der Waals surface area contributed by atoms with E-state index in [9.17, 15) is 14.4 Å². The molecule has 1 saturated heterocycles. The van der Waals surface area contributed by atoms with E-state index in [0.717, 1.165) is 17.0 Å². The van der Waals surface area contributed by atoms with Crippen LogP contribution >= 0.6 is 0 Å². The van der Waals surface area contributed by atoms with Crippen molar-refractivity contribution in [3.63, 3.8) is 0 Å². The first-order valence-corrected chi connectivity index (χ1v) is 11.9. The Balaban J connectivity index is 1.36. The zero-order chi connectivity index (χ0) is 25.5. The van der Waals surface area contributed by atoms with Crippen LogP contribution < -0.4 is 15.8 Å². The number of pyridine rings is 2. The van der Waals surface area contributed by atoms with Gasteiger partial charge in [0.1, 0.15) is 5.75 Å². The van der Waals surface area contributed by atoms with Gasteiger partial charge in [0.25, 0.3) is 17.7 Å². The molecule has 36 heavy (non-hydrogen) atoms. The number of ether oxygens (including phenoxy) is 1. The number of carbonyl (C=O) groups is 3. The molecule has 1 aliphatic rings. The second-order valence-corrected chi connectivity index (χ2v) is 8.73. The Labute approximate surface area is 209 Å². The minimum absolute atomic E-state index is 0.0598. The summed E-state index contributed by atoms with van der Waals surface area (Å²) in [6, 6.07) is 14.0. The van der Waals surface area contributed by atoms with E-state index in [4.69, 9.17) is 15.5 Å². The van der Waals surface area contributed by atoms with Crippen LogP contribution in [0.25, 0.3) is 0 Å². The molecule has 1 fully saturated rings. The molecule has 9 heteroatoms. The lowest BCUT2D eigenvalue weighted by atomic mass is 9.89. The number of nitrogens with two attached hydrogens (primary N) is 1. The average Bonchev–Trinajstić information content (AvgIpc) is 2.91. The second-order valence-electron chi connectivity index (χ2n) is 8.73. The number of aryl methyl sites for hydroxylation is 1. The molecule has 0 radical (unpaired) electrons. The van der Waals surface area contributed by atoms with Gasteiger partial charge in [-0.3, -0.25) is 24.4 Å². The lowest BCUT2D eigenvalue weighted by molar-refractivity contribution is -0.134. The highest BCUT2D eigenvalue weighted by atomic mass is 16.5. The highest BCUT2D eigenvalue weighted by Crippen LogP contribution is 2.30. The van der Waals surface area contributed by atoms with Crippen LogP contribution in [0.3, 0.4) is 0 Å². The first-order chi connectivity index (χ1) is 17.4. The third-order valence-corrected chi connectivity index (χ3v) is 6.22. The van der Waals surface area contributed by atoms with Gasteiger partial charge in [-0.1, -0.05) is 18.2 Å². The molecule has 1 aromatic carbocycles. The van der Waals surface area contributed by atoms with Crippen molar-refractivity contribution in [1.29, 1.82) is 0 Å². The molecule has 1 aliphatic heterocycles. The number of carbonyl (C=O) groups excluding carboxylic acids is 3. The molecule has 0 atom stereocenters. The van der Waals surface area contributed by atoms with Crippen LogP contribution in [0.15, 0.2) is 60.9 Å². The molecule has 3 N–H and O–H groups in total. The topological polar surface area (TPSA) is 128 Å². The smallest absolute Gasteiger partial charge is 0.260 e. The highest BCUT2D eigenvalue weighted by Gasteiger charge is 2.28. The monoisotopic (exact) mass is 487 g/mol. The van der Waals surface area contributed by atoms with Crippen LogP contribution in [0.4, 0.5) is 0 Å². The van der Waals surface area contributed by atoms with E-state index in [1.165, 1.54) is 0 Å². The zero-order valence-electron chi connectivity index (χ0n) is 20.1. The molecule has 0 unspecified atom stereocenters. The Kier molecular flexibility index (Phi) is 7.89. The summed E-state index contributed by atoms with van der Waals surface area (Å²) in [4.78, 5) is 47.8. The first-order valence-electron chi connectivity index (χ1n) is 11.9. The van der Waals surface area contributed by atoms with E-state index < -0.39 is 5.91 Å². The van der Waals surface area contributed by atoms with Crippen molar-refractivity contribution in [3.05, 3.63) is 89.0 Å². The molecule has 4 rings (SSSR count). The minimum atomic E-state index is -0.607. The number of benzene rings is 1. The van der Waals surface area contributed by atoms with E-state index in [-0.39, 0.29) is 29.9 Å². The Morgan fingerprint density at radius 1 is 1.06 bits per heavy atom. The van der Waals surface area contributed by atoms with Crippen LogP contribution in [0, 0.1) is 6.92 Å². The second kappa shape index (κ2) is 11.4. The van der Waals surface area contributed by atoms with E-state index in [2.05, 4.69) is 10.3 Å². The van der Waals surface area contributed by atoms with Gasteiger partial charge in [-0.05, 0) is 55.7 Å². The Morgan fingerprint density at radius 3 is 2.56 bits per heavy atom. The summed E-state index contributed by atoms with van der Waals surface area (Å²) < 4.78 is 5.59. The molecule has 0 saturated carbocycles. The van der Waals surface area contributed by atoms with Crippen molar-refractivity contribution in [2.75, 3.05) is 19.7 Å². The molecular weight excluding hydrogens is 458 g/mol. The standard InChI is InChI=1S/C27H29N5O4/c1-18-8-9-22(27(35)30-16-19-5-4-12-29-15-19)25(31-18)20-10-13-32(14-11-20)24(33)17-36-23-7-3-2-6-21(23)26(28)34/h2-9,12,15,20H,10-11,13-14,16-17H2,1H3,(H2,28,34)(H,30,35). The largest absolute Gasteiger partial charge is 0.483 e. The van der Waals surface area contributed by atoms with E-state index in [1.807, 2.05) is 31.2 Å². The fourth-order valence-corrected chi connectivity index (χ4v) is 4.29. The number of hydrogen-bond donors (Lipinski definition) is 2. The van der Waals surface area contributed by atoms with Gasteiger partial charge in [-0.15, -0.1) is 0 Å². The van der Waals surface area contributed by atoms with Crippen LogP contribution in [-0.4, -0.2) is 52.3 Å². The summed E-state index contributed by atoms with van der Waals surface area (Å²) >= 11 is 0. The number of nitrogens with zero attached hydrogens (tertiary/aromatic N) is 3. The average molecular weight is 488 g/mol. The van der Waals surface area contributed by atoms with E-state index >= 15 is 0 Å². The molecule has 0 bridgehead atoms. The lowest BCUT2D eigenvalue weighted by Crippen LogP contribution is -2.41. The number of primary amides is 1. The molecule has 2 aromatic heterocycles. The maximum Gasteiger partial charge on any atom is 0.260 e. The number of aromatic nitrogens is 2. The summed E-state index contributed by atoms with van der Waals surface area (Å²) in [7, 11) is 0. The van der Waals surface area contributed by atoms with Crippen molar-refractivity contribution in [2.24, 2.45) is 5.73 Å². The third-order valence-electron chi connectivity index (χ3n) is 6.22. The number of rotatable bonds is 8. The lowest BCUT2D eigenvalue weighted by Gasteiger charge is -2.32. The van der Waals surface area contributed by atoms with Crippen molar-refractivity contribution < 1.29 is 19.1 Å². The number of piperidine rings is 1. The van der Waals surface area contributed by atoms with Gasteiger partial charge >= 0.3 is 0 Å². The van der Waals surface area contributed by atoms with Crippen LogP contribution in [-0.2, 0) is 11.3 Å². The van der Waals surface area contributed by atoms with Crippen LogP contribution in [0.5, 0.6) is 5.75 Å². The quantitative estimate of drug-likeness (QED) is 0.503. The highest BCUT2D eigenvalue weighted by molar-refractivity contribution is 5.96. The summed E-state index contributed by atoms with van der Waals surface area (Å²) in [5.41, 5.74) is 8.69. The van der Waals surface area contributed by atoms with E-state index in [0.29, 0.717) is 43.8 Å². The molecule has 3 amide bonds. The normalized spacial score (nSPS) is 13.8. The molecule has 9 nitrogen and oxygen atoms in total. The third kappa shape index (κ3) is 6.04. The first kappa shape index (κ1) is 24.8. The maximum atomic E-state index is 13.0. The minimum Gasteiger partial charge on any atom is -0.483 e. The van der Waals surface area contributed by atoms with Crippen molar-refractivity contribution in [2.45, 2.75) is 32.2 Å². The molecule has 186 valence electrons. The van der Waals surface area contributed by atoms with Crippen LogP contribution in [0.2, 0.25) is 0 Å².